The summed E-state index contributed by atoms with van der Waals surface area (Å²) in [4.78, 5) is 14.0. The molecule has 3 nitrogen and oxygen atoms in total. The Morgan fingerprint density at radius 3 is 2.44 bits per heavy atom. The van der Waals surface area contributed by atoms with E-state index in [-0.39, 0.29) is 5.78 Å². The lowest BCUT2D eigenvalue weighted by atomic mass is 10.3. The monoisotopic (exact) mass is 126 g/mol. The van der Waals surface area contributed by atoms with E-state index in [1.54, 1.807) is 6.92 Å². The molecular formula is C6H10N2O. The number of nitrogens with two attached hydrogens (primary N) is 1. The van der Waals surface area contributed by atoms with E-state index < -0.39 is 0 Å². The van der Waals surface area contributed by atoms with Crippen LogP contribution in [-0.2, 0) is 4.79 Å². The molecule has 0 heterocycles. The number of aliphatic imine (C=N–C) groups is 1. The van der Waals surface area contributed by atoms with E-state index in [2.05, 4.69) is 4.99 Å². The summed E-state index contributed by atoms with van der Waals surface area (Å²) >= 11 is 0. The molecule has 0 spiro atoms. The Kier molecular flexibility index (Phi) is 3.35. The third kappa shape index (κ3) is 4.74. The molecule has 0 aromatic rings. The molecule has 50 valence electrons. The second-order valence-corrected chi connectivity index (χ2v) is 1.67. The molecule has 0 unspecified atom stereocenters. The molecule has 0 saturated carbocycles. The summed E-state index contributed by atoms with van der Waals surface area (Å²) in [6, 6.07) is 0. The van der Waals surface area contributed by atoms with Crippen molar-refractivity contribution in [3.63, 3.8) is 0 Å². The lowest BCUT2D eigenvalue weighted by molar-refractivity contribution is -0.112. The fraction of sp³-hybridized carbons (Fsp3) is 0.333. The van der Waals surface area contributed by atoms with Crippen LogP contribution in [-0.4, -0.2) is 12.1 Å². The van der Waals surface area contributed by atoms with E-state index in [1.807, 2.05) is 0 Å². The largest absolute Gasteiger partial charge is 0.390 e. The second-order valence-electron chi connectivity index (χ2n) is 1.67. The standard InChI is InChI=1S/C6H10N2O/c1-5(8-4-7)3-6(2)9/h3-4H,1-2H3,(H2,7,8). The molecule has 0 aromatic heterocycles. The van der Waals surface area contributed by atoms with Gasteiger partial charge in [0.25, 0.3) is 0 Å². The Morgan fingerprint density at radius 2 is 2.11 bits per heavy atom. The first-order valence-electron chi connectivity index (χ1n) is 2.60. The van der Waals surface area contributed by atoms with E-state index in [4.69, 9.17) is 5.73 Å². The highest BCUT2D eigenvalue weighted by molar-refractivity contribution is 5.88. The topological polar surface area (TPSA) is 55.5 Å². The molecule has 0 fully saturated rings. The van der Waals surface area contributed by atoms with Gasteiger partial charge in [0, 0.05) is 11.8 Å². The zero-order valence-electron chi connectivity index (χ0n) is 5.59. The molecule has 0 amide bonds. The summed E-state index contributed by atoms with van der Waals surface area (Å²) in [6.45, 7) is 3.18. The number of rotatable bonds is 2. The first kappa shape index (κ1) is 7.88. The first-order chi connectivity index (χ1) is 4.16. The molecule has 0 aliphatic carbocycles. The second kappa shape index (κ2) is 3.83. The van der Waals surface area contributed by atoms with Crippen LogP contribution in [0.5, 0.6) is 0 Å². The number of ketones is 1. The van der Waals surface area contributed by atoms with Crippen molar-refractivity contribution < 1.29 is 4.79 Å². The van der Waals surface area contributed by atoms with Gasteiger partial charge in [0.15, 0.2) is 5.78 Å². The fourth-order valence-corrected chi connectivity index (χ4v) is 0.449. The molecule has 3 heteroatoms. The minimum atomic E-state index is -0.0156. The van der Waals surface area contributed by atoms with Gasteiger partial charge in [-0.3, -0.25) is 4.79 Å². The van der Waals surface area contributed by atoms with Crippen LogP contribution in [0.15, 0.2) is 16.8 Å². The van der Waals surface area contributed by atoms with Gasteiger partial charge in [0.1, 0.15) is 0 Å². The van der Waals surface area contributed by atoms with Crippen LogP contribution in [0.1, 0.15) is 13.8 Å². The zero-order valence-corrected chi connectivity index (χ0v) is 5.59. The van der Waals surface area contributed by atoms with Crippen LogP contribution in [0.25, 0.3) is 0 Å². The molecule has 2 N–H and O–H groups in total. The predicted octanol–water partition coefficient (Wildman–Crippen LogP) is 0.466. The van der Waals surface area contributed by atoms with Crippen LogP contribution in [0, 0.1) is 0 Å². The number of allylic oxidation sites excluding steroid dienone is 2. The van der Waals surface area contributed by atoms with Gasteiger partial charge in [0.2, 0.25) is 0 Å². The zero-order chi connectivity index (χ0) is 7.28. The van der Waals surface area contributed by atoms with Crippen LogP contribution in [0.2, 0.25) is 0 Å². The van der Waals surface area contributed by atoms with Crippen molar-refractivity contribution in [2.24, 2.45) is 10.7 Å². The third-order valence-electron chi connectivity index (χ3n) is 0.690. The van der Waals surface area contributed by atoms with Gasteiger partial charge in [-0.2, -0.15) is 0 Å². The lowest BCUT2D eigenvalue weighted by Crippen LogP contribution is -1.89. The van der Waals surface area contributed by atoms with E-state index in [1.165, 1.54) is 13.0 Å². The third-order valence-corrected chi connectivity index (χ3v) is 0.690. The summed E-state index contributed by atoms with van der Waals surface area (Å²) < 4.78 is 0. The van der Waals surface area contributed by atoms with Crippen molar-refractivity contribution in [3.05, 3.63) is 11.8 Å². The maximum absolute atomic E-state index is 10.3. The highest BCUT2D eigenvalue weighted by Gasteiger charge is 1.85. The van der Waals surface area contributed by atoms with Gasteiger partial charge in [-0.25, -0.2) is 4.99 Å². The average Bonchev–Trinajstić information content (AvgIpc) is 1.63. The number of carbonyl (C=O) groups is 1. The van der Waals surface area contributed by atoms with Crippen LogP contribution in [0.4, 0.5) is 0 Å². The van der Waals surface area contributed by atoms with Gasteiger partial charge in [0.05, 0.1) is 6.34 Å². The molecule has 0 bridgehead atoms. The van der Waals surface area contributed by atoms with Crippen molar-refractivity contribution >= 4 is 12.1 Å². The van der Waals surface area contributed by atoms with E-state index in [0.29, 0.717) is 5.70 Å². The number of nitrogens with zero attached hydrogens (tertiary/aromatic N) is 1. The molecular weight excluding hydrogens is 116 g/mol. The first-order valence-corrected chi connectivity index (χ1v) is 2.60. The molecule has 0 aliphatic rings. The normalized spacial score (nSPS) is 12.4. The predicted molar refractivity (Wildman–Crippen MR) is 37.1 cm³/mol. The Labute approximate surface area is 54.3 Å². The van der Waals surface area contributed by atoms with Gasteiger partial charge in [-0.15, -0.1) is 0 Å². The molecule has 0 aromatic carbocycles. The Morgan fingerprint density at radius 1 is 1.56 bits per heavy atom. The quantitative estimate of drug-likeness (QED) is 0.332. The Bertz CT molecular complexity index is 158. The minimum Gasteiger partial charge on any atom is -0.390 e. The Balaban J connectivity index is 4.00. The van der Waals surface area contributed by atoms with E-state index in [0.717, 1.165) is 6.34 Å². The maximum atomic E-state index is 10.3. The maximum Gasteiger partial charge on any atom is 0.154 e. The van der Waals surface area contributed by atoms with Crippen LogP contribution in [0.3, 0.4) is 0 Å². The van der Waals surface area contributed by atoms with Gasteiger partial charge in [-0.1, -0.05) is 0 Å². The van der Waals surface area contributed by atoms with Crippen molar-refractivity contribution in [1.29, 1.82) is 0 Å². The van der Waals surface area contributed by atoms with Crippen LogP contribution >= 0.6 is 0 Å². The highest BCUT2D eigenvalue weighted by Crippen LogP contribution is 1.91. The van der Waals surface area contributed by atoms with Gasteiger partial charge >= 0.3 is 0 Å². The summed E-state index contributed by atoms with van der Waals surface area (Å²) in [7, 11) is 0. The minimum absolute atomic E-state index is 0.0156. The van der Waals surface area contributed by atoms with Crippen molar-refractivity contribution in [2.45, 2.75) is 13.8 Å². The van der Waals surface area contributed by atoms with Crippen molar-refractivity contribution in [2.75, 3.05) is 0 Å². The lowest BCUT2D eigenvalue weighted by Gasteiger charge is -1.85. The molecule has 0 atom stereocenters. The van der Waals surface area contributed by atoms with Gasteiger partial charge < -0.3 is 5.73 Å². The number of hydrogen-bond donors (Lipinski definition) is 1. The smallest absolute Gasteiger partial charge is 0.154 e. The summed E-state index contributed by atoms with van der Waals surface area (Å²) in [5.74, 6) is -0.0156. The summed E-state index contributed by atoms with van der Waals surface area (Å²) in [5, 5.41) is 0. The summed E-state index contributed by atoms with van der Waals surface area (Å²) in [6.07, 6.45) is 2.58. The molecule has 0 rings (SSSR count). The molecule has 0 aliphatic heterocycles. The van der Waals surface area contributed by atoms with Gasteiger partial charge in [-0.05, 0) is 13.8 Å². The average molecular weight is 126 g/mol. The highest BCUT2D eigenvalue weighted by atomic mass is 16.1. The Hall–Kier alpha value is -1.12. The number of hydrogen-bond acceptors (Lipinski definition) is 2. The van der Waals surface area contributed by atoms with E-state index >= 15 is 0 Å². The fourth-order valence-electron chi connectivity index (χ4n) is 0.449. The van der Waals surface area contributed by atoms with E-state index in [9.17, 15) is 4.79 Å². The summed E-state index contributed by atoms with van der Waals surface area (Å²) in [5.41, 5.74) is 5.59. The van der Waals surface area contributed by atoms with Crippen molar-refractivity contribution in [1.82, 2.24) is 0 Å². The van der Waals surface area contributed by atoms with Crippen LogP contribution < -0.4 is 5.73 Å². The molecule has 9 heavy (non-hydrogen) atoms. The molecule has 0 radical (unpaired) electrons. The number of carbonyl (C=O) groups excluding carboxylic acids is 1. The molecule has 0 saturated heterocycles. The van der Waals surface area contributed by atoms with Crippen molar-refractivity contribution in [3.8, 4) is 0 Å². The SMILES string of the molecule is CC(=O)C=C(C)N=CN.